The monoisotopic (exact) mass is 281 g/mol. The fourth-order valence-electron chi connectivity index (χ4n) is 2.01. The summed E-state index contributed by atoms with van der Waals surface area (Å²) in [4.78, 5) is 0. The molecule has 0 bridgehead atoms. The highest BCUT2D eigenvalue weighted by Crippen LogP contribution is 2.27. The molecule has 0 aliphatic heterocycles. The van der Waals surface area contributed by atoms with E-state index in [0.717, 1.165) is 24.7 Å². The molecular weight excluding hydrogens is 254 g/mol. The van der Waals surface area contributed by atoms with E-state index in [1.165, 1.54) is 24.2 Å². The van der Waals surface area contributed by atoms with Crippen LogP contribution in [-0.4, -0.2) is 24.7 Å². The maximum absolute atomic E-state index is 5.74. The summed E-state index contributed by atoms with van der Waals surface area (Å²) in [5.41, 5.74) is 1.29. The lowest BCUT2D eigenvalue weighted by Crippen LogP contribution is -2.23. The lowest BCUT2D eigenvalue weighted by atomic mass is 10.1. The van der Waals surface area contributed by atoms with Crippen molar-refractivity contribution in [3.63, 3.8) is 0 Å². The van der Waals surface area contributed by atoms with E-state index in [1.807, 2.05) is 24.8 Å². The summed E-state index contributed by atoms with van der Waals surface area (Å²) in [6.07, 6.45) is 2.57. The number of unbranched alkanes of at least 4 members (excludes halogenated alkanes) is 1. The molecule has 0 amide bonds. The van der Waals surface area contributed by atoms with Crippen LogP contribution in [0.5, 0.6) is 5.75 Å². The maximum atomic E-state index is 5.74. The Morgan fingerprint density at radius 1 is 1.21 bits per heavy atom. The van der Waals surface area contributed by atoms with Crippen LogP contribution in [0, 0.1) is 0 Å². The molecule has 1 rings (SSSR count). The van der Waals surface area contributed by atoms with E-state index in [1.54, 1.807) is 0 Å². The number of ether oxygens (including phenoxy) is 1. The van der Waals surface area contributed by atoms with Gasteiger partial charge < -0.3 is 10.1 Å². The summed E-state index contributed by atoms with van der Waals surface area (Å²) in [5, 5.41) is 3.57. The van der Waals surface area contributed by atoms with Crippen molar-refractivity contribution in [2.24, 2.45) is 0 Å². The van der Waals surface area contributed by atoms with Gasteiger partial charge in [0.15, 0.2) is 0 Å². The van der Waals surface area contributed by atoms with E-state index >= 15 is 0 Å². The van der Waals surface area contributed by atoms with Gasteiger partial charge in [-0.25, -0.2) is 0 Å². The molecule has 0 saturated carbocycles. The van der Waals surface area contributed by atoms with Gasteiger partial charge in [-0.3, -0.25) is 0 Å². The van der Waals surface area contributed by atoms with E-state index in [9.17, 15) is 0 Å². The molecule has 1 N–H and O–H groups in total. The average Bonchev–Trinajstić information content (AvgIpc) is 2.43. The van der Waals surface area contributed by atoms with Gasteiger partial charge in [0.1, 0.15) is 5.75 Å². The number of thioether (sulfide) groups is 1. The smallest absolute Gasteiger partial charge is 0.124 e. The van der Waals surface area contributed by atoms with Crippen molar-refractivity contribution in [2.75, 3.05) is 24.7 Å². The van der Waals surface area contributed by atoms with Gasteiger partial charge in [-0.1, -0.05) is 38.5 Å². The van der Waals surface area contributed by atoms with Crippen molar-refractivity contribution in [3.8, 4) is 5.75 Å². The second kappa shape index (κ2) is 10.2. The van der Waals surface area contributed by atoms with E-state index in [4.69, 9.17) is 4.74 Å². The van der Waals surface area contributed by atoms with Crippen molar-refractivity contribution in [1.29, 1.82) is 0 Å². The van der Waals surface area contributed by atoms with Crippen molar-refractivity contribution >= 4 is 11.8 Å². The zero-order valence-electron chi connectivity index (χ0n) is 12.4. The zero-order valence-corrected chi connectivity index (χ0v) is 13.3. The summed E-state index contributed by atoms with van der Waals surface area (Å²) < 4.78 is 5.74. The molecule has 1 aromatic rings. The van der Waals surface area contributed by atoms with Gasteiger partial charge in [0.25, 0.3) is 0 Å². The van der Waals surface area contributed by atoms with Gasteiger partial charge in [-0.2, -0.15) is 11.8 Å². The molecule has 0 fully saturated rings. The Balaban J connectivity index is 2.68. The molecule has 0 aliphatic carbocycles. The van der Waals surface area contributed by atoms with Crippen LogP contribution in [0.4, 0.5) is 0 Å². The first-order valence-electron chi connectivity index (χ1n) is 7.36. The van der Waals surface area contributed by atoms with Gasteiger partial charge in [-0.15, -0.1) is 0 Å². The van der Waals surface area contributed by atoms with E-state index in [0.29, 0.717) is 6.04 Å². The lowest BCUT2D eigenvalue weighted by Gasteiger charge is -2.21. The van der Waals surface area contributed by atoms with E-state index < -0.39 is 0 Å². The first-order chi connectivity index (χ1) is 9.33. The standard InChI is InChI=1S/C16H27NOS/c1-4-7-12-19-13-15(17-5-2)14-10-8-9-11-16(14)18-6-3/h8-11,15,17H,4-7,12-13H2,1-3H3. The minimum atomic E-state index is 0.384. The van der Waals surface area contributed by atoms with Crippen LogP contribution in [0.3, 0.4) is 0 Å². The maximum Gasteiger partial charge on any atom is 0.124 e. The molecule has 2 nitrogen and oxygen atoms in total. The number of nitrogens with one attached hydrogen (secondary N) is 1. The average molecular weight is 281 g/mol. The predicted molar refractivity (Wildman–Crippen MR) is 86.3 cm³/mol. The van der Waals surface area contributed by atoms with Gasteiger partial charge in [0.05, 0.1) is 6.61 Å². The molecule has 3 heteroatoms. The predicted octanol–water partition coefficient (Wildman–Crippen LogP) is 4.27. The number of benzene rings is 1. The first kappa shape index (κ1) is 16.4. The highest BCUT2D eigenvalue weighted by atomic mass is 32.2. The molecule has 19 heavy (non-hydrogen) atoms. The van der Waals surface area contributed by atoms with Crippen LogP contribution < -0.4 is 10.1 Å². The zero-order chi connectivity index (χ0) is 13.9. The Labute approximate surface area is 122 Å². The minimum Gasteiger partial charge on any atom is -0.494 e. The van der Waals surface area contributed by atoms with Crippen LogP contribution in [0.2, 0.25) is 0 Å². The summed E-state index contributed by atoms with van der Waals surface area (Å²) in [6, 6.07) is 8.77. The molecule has 1 unspecified atom stereocenters. The summed E-state index contributed by atoms with van der Waals surface area (Å²) in [7, 11) is 0. The summed E-state index contributed by atoms with van der Waals surface area (Å²) in [6.45, 7) is 8.15. The Bertz CT molecular complexity index is 343. The quantitative estimate of drug-likeness (QED) is 0.647. The third-order valence-corrected chi connectivity index (χ3v) is 4.12. The number of para-hydroxylation sites is 1. The highest BCUT2D eigenvalue weighted by Gasteiger charge is 2.14. The van der Waals surface area contributed by atoms with Gasteiger partial charge in [0.2, 0.25) is 0 Å². The van der Waals surface area contributed by atoms with Gasteiger partial charge >= 0.3 is 0 Å². The molecular formula is C16H27NOS. The van der Waals surface area contributed by atoms with Crippen molar-refractivity contribution < 1.29 is 4.74 Å². The Kier molecular flexibility index (Phi) is 8.76. The van der Waals surface area contributed by atoms with Crippen molar-refractivity contribution in [3.05, 3.63) is 29.8 Å². The third kappa shape index (κ3) is 5.87. The Morgan fingerprint density at radius 3 is 2.68 bits per heavy atom. The third-order valence-electron chi connectivity index (χ3n) is 2.97. The fraction of sp³-hybridized carbons (Fsp3) is 0.625. The summed E-state index contributed by atoms with van der Waals surface area (Å²) >= 11 is 2.03. The van der Waals surface area contributed by atoms with Crippen LogP contribution >= 0.6 is 11.8 Å². The molecule has 0 aromatic heterocycles. The molecule has 0 heterocycles. The van der Waals surface area contributed by atoms with Crippen molar-refractivity contribution in [2.45, 2.75) is 39.7 Å². The molecule has 0 saturated heterocycles. The van der Waals surface area contributed by atoms with Crippen LogP contribution in [0.15, 0.2) is 24.3 Å². The fourth-order valence-corrected chi connectivity index (χ4v) is 3.20. The SMILES string of the molecule is CCCCSCC(NCC)c1ccccc1OCC. The number of rotatable bonds is 10. The first-order valence-corrected chi connectivity index (χ1v) is 8.51. The molecule has 108 valence electrons. The molecule has 0 spiro atoms. The number of hydrogen-bond acceptors (Lipinski definition) is 3. The van der Waals surface area contributed by atoms with Crippen LogP contribution in [0.1, 0.15) is 45.2 Å². The molecule has 0 aliphatic rings. The van der Waals surface area contributed by atoms with Crippen LogP contribution in [0.25, 0.3) is 0 Å². The molecule has 1 atom stereocenters. The van der Waals surface area contributed by atoms with Crippen LogP contribution in [-0.2, 0) is 0 Å². The molecule has 0 radical (unpaired) electrons. The Hall–Kier alpha value is -0.670. The Morgan fingerprint density at radius 2 is 2.00 bits per heavy atom. The lowest BCUT2D eigenvalue weighted by molar-refractivity contribution is 0.333. The van der Waals surface area contributed by atoms with E-state index in [-0.39, 0.29) is 0 Å². The topological polar surface area (TPSA) is 21.3 Å². The highest BCUT2D eigenvalue weighted by molar-refractivity contribution is 7.99. The van der Waals surface area contributed by atoms with Gasteiger partial charge in [-0.05, 0) is 31.7 Å². The summed E-state index contributed by atoms with van der Waals surface area (Å²) in [5.74, 6) is 3.37. The largest absolute Gasteiger partial charge is 0.494 e. The molecule has 1 aromatic carbocycles. The second-order valence-electron chi connectivity index (χ2n) is 4.51. The van der Waals surface area contributed by atoms with E-state index in [2.05, 4.69) is 37.4 Å². The van der Waals surface area contributed by atoms with Crippen molar-refractivity contribution in [1.82, 2.24) is 5.32 Å². The normalized spacial score (nSPS) is 12.4. The number of hydrogen-bond donors (Lipinski definition) is 1. The second-order valence-corrected chi connectivity index (χ2v) is 5.66. The van der Waals surface area contributed by atoms with Gasteiger partial charge in [0, 0.05) is 17.4 Å². The minimum absolute atomic E-state index is 0.384.